The van der Waals surface area contributed by atoms with Gasteiger partial charge in [0.25, 0.3) is 10.0 Å². The summed E-state index contributed by atoms with van der Waals surface area (Å²) >= 11 is 0. The largest absolute Gasteiger partial charge is 0.490 e. The molecular weight excluding hydrogens is 542 g/mol. The van der Waals surface area contributed by atoms with Crippen molar-refractivity contribution >= 4 is 31.7 Å². The number of carbonyl (C=O) groups is 1. The number of aliphatic carboxylic acids is 1. The molecule has 1 aromatic heterocycles. The average Bonchev–Trinajstić information content (AvgIpc) is 3.23. The molecular formula is C22H23F4N3O6S2. The highest BCUT2D eigenvalue weighted by Crippen LogP contribution is 2.30. The molecule has 0 aliphatic carbocycles. The molecule has 0 radical (unpaired) electrons. The average molecular weight is 566 g/mol. The number of nitrogens with zero attached hydrogens (tertiary/aromatic N) is 2. The number of hydrogen-bond donors (Lipinski definition) is 2. The van der Waals surface area contributed by atoms with Gasteiger partial charge in [-0.05, 0) is 49.0 Å². The maximum absolute atomic E-state index is 14.4. The second-order valence-corrected chi connectivity index (χ2v) is 11.4. The van der Waals surface area contributed by atoms with Gasteiger partial charge in [0.05, 0.1) is 22.5 Å². The summed E-state index contributed by atoms with van der Waals surface area (Å²) in [5, 5.41) is 10.1. The molecule has 0 spiro atoms. The summed E-state index contributed by atoms with van der Waals surface area (Å²) < 4.78 is 98.7. The van der Waals surface area contributed by atoms with E-state index in [1.165, 1.54) is 55.7 Å². The van der Waals surface area contributed by atoms with Crippen LogP contribution >= 0.6 is 0 Å². The Hall–Kier alpha value is -3.43. The molecule has 9 nitrogen and oxygen atoms in total. The summed E-state index contributed by atoms with van der Waals surface area (Å²) in [6.07, 6.45) is -2.62. The van der Waals surface area contributed by atoms with Crippen molar-refractivity contribution < 1.29 is 44.3 Å². The first-order valence-electron chi connectivity index (χ1n) is 10.2. The van der Waals surface area contributed by atoms with Crippen molar-refractivity contribution in [1.82, 2.24) is 9.29 Å². The topological polar surface area (TPSA) is 126 Å². The minimum Gasteiger partial charge on any atom is -0.475 e. The van der Waals surface area contributed by atoms with Crippen LogP contribution in [0.1, 0.15) is 5.56 Å². The normalized spacial score (nSPS) is 12.0. The molecule has 1 heterocycles. The fourth-order valence-corrected chi connectivity index (χ4v) is 4.93. The Bertz CT molecular complexity index is 1490. The molecule has 0 aliphatic heterocycles. The van der Waals surface area contributed by atoms with Crippen LogP contribution in [0, 0.1) is 5.82 Å². The Morgan fingerprint density at radius 1 is 1.05 bits per heavy atom. The fraction of sp³-hybridized carbons (Fsp3) is 0.227. The Kier molecular flexibility index (Phi) is 9.11. The molecule has 0 atom stereocenters. The van der Waals surface area contributed by atoms with Crippen molar-refractivity contribution in [1.29, 1.82) is 0 Å². The summed E-state index contributed by atoms with van der Waals surface area (Å²) in [5.74, 6) is -3.30. The molecule has 0 fully saturated rings. The van der Waals surface area contributed by atoms with Gasteiger partial charge in [-0.3, -0.25) is 4.31 Å². The number of nitrogens with one attached hydrogen (secondary N) is 1. The fourth-order valence-electron chi connectivity index (χ4n) is 3.01. The number of anilines is 1. The van der Waals surface area contributed by atoms with Gasteiger partial charge in [0.15, 0.2) is 0 Å². The molecule has 3 aromatic rings. The van der Waals surface area contributed by atoms with Gasteiger partial charge in [0.2, 0.25) is 10.0 Å². The van der Waals surface area contributed by atoms with Gasteiger partial charge in [-0.2, -0.15) is 13.2 Å². The minimum absolute atomic E-state index is 0.111. The highest BCUT2D eigenvalue weighted by atomic mass is 32.2. The lowest BCUT2D eigenvalue weighted by Gasteiger charge is -2.18. The molecule has 3 rings (SSSR count). The Labute approximate surface area is 211 Å². The van der Waals surface area contributed by atoms with Crippen LogP contribution in [-0.2, 0) is 31.4 Å². The zero-order chi connectivity index (χ0) is 28.2. The Balaban J connectivity index is 0.000000604. The third-order valence-corrected chi connectivity index (χ3v) is 7.73. The summed E-state index contributed by atoms with van der Waals surface area (Å²) in [5.41, 5.74) is 1.19. The van der Waals surface area contributed by atoms with Gasteiger partial charge in [-0.1, -0.05) is 18.2 Å². The van der Waals surface area contributed by atoms with Crippen molar-refractivity contribution in [2.45, 2.75) is 17.6 Å². The van der Waals surface area contributed by atoms with E-state index in [1.807, 2.05) is 0 Å². The molecule has 0 amide bonds. The smallest absolute Gasteiger partial charge is 0.475 e. The summed E-state index contributed by atoms with van der Waals surface area (Å²) in [7, 11) is -4.64. The number of carboxylic acid groups (broad SMARTS) is 1. The standard InChI is InChI=1S/C20H22FN3O4S2.C2HF3O2/c1-22-13-15-11-20(18-9-4-5-10-19(18)21)24(14-15)30(27,28)17-8-6-7-16(12-17)23(2)29(3,25)26;3-2(4,5)1(6)7/h4-12,14,22H,13H2,1-3H3;(H,6,7). The lowest BCUT2D eigenvalue weighted by atomic mass is 10.1. The summed E-state index contributed by atoms with van der Waals surface area (Å²) in [6.45, 7) is 0.390. The van der Waals surface area contributed by atoms with Crippen molar-refractivity contribution in [2.24, 2.45) is 0 Å². The molecule has 15 heteroatoms. The highest BCUT2D eigenvalue weighted by Gasteiger charge is 2.38. The van der Waals surface area contributed by atoms with Crippen molar-refractivity contribution in [3.63, 3.8) is 0 Å². The van der Waals surface area contributed by atoms with E-state index in [0.717, 1.165) is 14.5 Å². The van der Waals surface area contributed by atoms with Gasteiger partial charge in [0.1, 0.15) is 5.82 Å². The van der Waals surface area contributed by atoms with Gasteiger partial charge in [0, 0.05) is 25.4 Å². The van der Waals surface area contributed by atoms with E-state index in [0.29, 0.717) is 12.1 Å². The lowest BCUT2D eigenvalue weighted by molar-refractivity contribution is -0.192. The van der Waals surface area contributed by atoms with Gasteiger partial charge in [-0.15, -0.1) is 0 Å². The first-order chi connectivity index (χ1) is 17.0. The predicted molar refractivity (Wildman–Crippen MR) is 129 cm³/mol. The zero-order valence-corrected chi connectivity index (χ0v) is 21.3. The van der Waals surface area contributed by atoms with Crippen LogP contribution in [0.2, 0.25) is 0 Å². The molecule has 0 bridgehead atoms. The molecule has 0 saturated heterocycles. The third-order valence-electron chi connectivity index (χ3n) is 4.85. The van der Waals surface area contributed by atoms with Crippen LogP contribution in [0.4, 0.5) is 23.2 Å². The molecule has 0 unspecified atom stereocenters. The maximum Gasteiger partial charge on any atom is 0.490 e. The van der Waals surface area contributed by atoms with E-state index in [1.54, 1.807) is 19.2 Å². The van der Waals surface area contributed by atoms with Gasteiger partial charge >= 0.3 is 12.1 Å². The van der Waals surface area contributed by atoms with Crippen LogP contribution in [-0.4, -0.2) is 58.4 Å². The minimum atomic E-state index is -5.08. The molecule has 202 valence electrons. The molecule has 2 aromatic carbocycles. The molecule has 37 heavy (non-hydrogen) atoms. The van der Waals surface area contributed by atoms with Gasteiger partial charge < -0.3 is 10.4 Å². The summed E-state index contributed by atoms with van der Waals surface area (Å²) in [6, 6.07) is 13.1. The number of benzene rings is 2. The van der Waals surface area contributed by atoms with Crippen molar-refractivity contribution in [3.8, 4) is 11.3 Å². The number of rotatable bonds is 7. The quantitative estimate of drug-likeness (QED) is 0.421. The van der Waals surface area contributed by atoms with Gasteiger partial charge in [-0.25, -0.2) is 30.0 Å². The van der Waals surface area contributed by atoms with Crippen LogP contribution in [0.3, 0.4) is 0 Å². The van der Waals surface area contributed by atoms with Crippen LogP contribution in [0.5, 0.6) is 0 Å². The highest BCUT2D eigenvalue weighted by molar-refractivity contribution is 7.92. The van der Waals surface area contributed by atoms with Crippen LogP contribution in [0.25, 0.3) is 11.3 Å². The number of sulfonamides is 1. The van der Waals surface area contributed by atoms with E-state index in [2.05, 4.69) is 5.32 Å². The first-order valence-corrected chi connectivity index (χ1v) is 13.5. The SMILES string of the molecule is CNCc1cc(-c2ccccc2F)n(S(=O)(=O)c2cccc(N(C)S(C)(=O)=O)c2)c1.O=C(O)C(F)(F)F. The number of halogens is 4. The van der Waals surface area contributed by atoms with E-state index in [4.69, 9.17) is 9.90 Å². The third kappa shape index (κ3) is 7.30. The van der Waals surface area contributed by atoms with E-state index >= 15 is 0 Å². The number of aromatic nitrogens is 1. The molecule has 0 aliphatic rings. The second-order valence-electron chi connectivity index (χ2n) is 7.58. The maximum atomic E-state index is 14.4. The summed E-state index contributed by atoms with van der Waals surface area (Å²) in [4.78, 5) is 8.78. The number of hydrogen-bond acceptors (Lipinski definition) is 6. The zero-order valence-electron chi connectivity index (χ0n) is 19.7. The number of alkyl halides is 3. The second kappa shape index (κ2) is 11.3. The van der Waals surface area contributed by atoms with E-state index < -0.39 is 38.0 Å². The Morgan fingerprint density at radius 3 is 2.16 bits per heavy atom. The number of carboxylic acids is 1. The Morgan fingerprint density at radius 2 is 1.65 bits per heavy atom. The monoisotopic (exact) mass is 565 g/mol. The predicted octanol–water partition coefficient (Wildman–Crippen LogP) is 3.28. The van der Waals surface area contributed by atoms with Crippen LogP contribution < -0.4 is 9.62 Å². The van der Waals surface area contributed by atoms with Crippen LogP contribution in [0.15, 0.2) is 65.7 Å². The van der Waals surface area contributed by atoms with E-state index in [-0.39, 0.29) is 21.8 Å². The van der Waals surface area contributed by atoms with E-state index in [9.17, 15) is 34.4 Å². The first kappa shape index (κ1) is 29.8. The lowest BCUT2D eigenvalue weighted by Crippen LogP contribution is -2.25. The molecule has 2 N–H and O–H groups in total. The van der Waals surface area contributed by atoms with Crippen molar-refractivity contribution in [3.05, 3.63) is 72.2 Å². The molecule has 0 saturated carbocycles. The van der Waals surface area contributed by atoms with Crippen molar-refractivity contribution in [2.75, 3.05) is 24.7 Å².